The molecule has 10 heteroatoms. The van der Waals surface area contributed by atoms with Gasteiger partial charge in [0.25, 0.3) is 5.92 Å². The van der Waals surface area contributed by atoms with Crippen LogP contribution in [-0.2, 0) is 17.5 Å². The molecule has 0 aliphatic heterocycles. The first-order chi connectivity index (χ1) is 15.0. The molecule has 32 heavy (non-hydrogen) atoms. The average Bonchev–Trinajstić information content (AvgIpc) is 3.15. The van der Waals surface area contributed by atoms with E-state index in [9.17, 15) is 22.0 Å². The summed E-state index contributed by atoms with van der Waals surface area (Å²) in [4.78, 5) is 7.87. The van der Waals surface area contributed by atoms with E-state index in [1.54, 1.807) is 31.2 Å². The maximum Gasteiger partial charge on any atom is 0.433 e. The minimum absolute atomic E-state index is 0.111. The summed E-state index contributed by atoms with van der Waals surface area (Å²) in [7, 11) is 0. The van der Waals surface area contributed by atoms with Crippen LogP contribution < -0.4 is 0 Å². The van der Waals surface area contributed by atoms with Gasteiger partial charge in [-0.15, -0.1) is 11.3 Å². The Kier molecular flexibility index (Phi) is 6.91. The van der Waals surface area contributed by atoms with E-state index in [0.717, 1.165) is 23.6 Å². The summed E-state index contributed by atoms with van der Waals surface area (Å²) in [5.41, 5.74) is 0.620. The minimum atomic E-state index is -4.57. The Morgan fingerprint density at radius 1 is 1.09 bits per heavy atom. The molecule has 2 aromatic heterocycles. The molecule has 0 radical (unpaired) electrons. The molecule has 0 fully saturated rings. The molecular weight excluding hydrogens is 449 g/mol. The normalized spacial score (nSPS) is 13.1. The maximum atomic E-state index is 14.8. The van der Waals surface area contributed by atoms with E-state index in [1.165, 1.54) is 13.0 Å². The van der Waals surface area contributed by atoms with E-state index in [4.69, 9.17) is 10.00 Å². The first kappa shape index (κ1) is 23.8. The minimum Gasteiger partial charge on any atom is -0.362 e. The predicted molar refractivity (Wildman–Crippen MR) is 109 cm³/mol. The number of hydrogen-bond donors (Lipinski definition) is 0. The van der Waals surface area contributed by atoms with Crippen molar-refractivity contribution in [1.82, 2.24) is 9.97 Å². The number of aryl methyl sites for hydroxylation is 1. The van der Waals surface area contributed by atoms with Crippen LogP contribution in [0.5, 0.6) is 0 Å². The Balaban J connectivity index is 1.88. The summed E-state index contributed by atoms with van der Waals surface area (Å²) in [6, 6.07) is 10.4. The summed E-state index contributed by atoms with van der Waals surface area (Å²) in [6.07, 6.45) is -5.61. The maximum absolute atomic E-state index is 14.8. The Labute approximate surface area is 185 Å². The second-order valence-corrected chi connectivity index (χ2v) is 8.04. The van der Waals surface area contributed by atoms with Gasteiger partial charge in [-0.05, 0) is 36.8 Å². The number of ether oxygens (including phenoxy) is 1. The van der Waals surface area contributed by atoms with Gasteiger partial charge in [-0.25, -0.2) is 13.8 Å². The van der Waals surface area contributed by atoms with Crippen molar-refractivity contribution < 1.29 is 26.7 Å². The van der Waals surface area contributed by atoms with Gasteiger partial charge in [-0.2, -0.15) is 18.4 Å². The molecule has 0 aliphatic rings. The van der Waals surface area contributed by atoms with Gasteiger partial charge in [-0.1, -0.05) is 19.1 Å². The SMILES string of the molecule is CCC(F)(F)C(OCc1ccc(C#N)cc1)c1sc(-c2ccc(C(F)(F)F)nc2)nc1C. The molecule has 0 spiro atoms. The first-order valence-corrected chi connectivity index (χ1v) is 10.4. The number of rotatable bonds is 7. The third-order valence-electron chi connectivity index (χ3n) is 4.73. The van der Waals surface area contributed by atoms with E-state index in [1.807, 2.05) is 6.07 Å². The zero-order valence-electron chi connectivity index (χ0n) is 17.1. The fourth-order valence-electron chi connectivity index (χ4n) is 2.89. The van der Waals surface area contributed by atoms with Crippen molar-refractivity contribution in [2.75, 3.05) is 0 Å². The van der Waals surface area contributed by atoms with Gasteiger partial charge in [0.2, 0.25) is 0 Å². The van der Waals surface area contributed by atoms with E-state index in [0.29, 0.717) is 22.4 Å². The molecule has 0 saturated carbocycles. The predicted octanol–water partition coefficient (Wildman–Crippen LogP) is 6.71. The molecule has 0 saturated heterocycles. The van der Waals surface area contributed by atoms with Crippen LogP contribution >= 0.6 is 11.3 Å². The van der Waals surface area contributed by atoms with Crippen LogP contribution in [-0.4, -0.2) is 15.9 Å². The van der Waals surface area contributed by atoms with Crippen LogP contribution in [0.3, 0.4) is 0 Å². The van der Waals surface area contributed by atoms with E-state index < -0.39 is 30.3 Å². The van der Waals surface area contributed by atoms with Crippen molar-refractivity contribution in [3.05, 3.63) is 70.0 Å². The van der Waals surface area contributed by atoms with Crippen LogP contribution in [0.4, 0.5) is 22.0 Å². The molecule has 168 valence electrons. The molecule has 0 N–H and O–H groups in total. The highest BCUT2D eigenvalue weighted by Gasteiger charge is 2.42. The third kappa shape index (κ3) is 5.29. The molecule has 0 aliphatic carbocycles. The van der Waals surface area contributed by atoms with Crippen molar-refractivity contribution in [2.24, 2.45) is 0 Å². The van der Waals surface area contributed by atoms with Crippen molar-refractivity contribution in [1.29, 1.82) is 5.26 Å². The molecule has 1 unspecified atom stereocenters. The largest absolute Gasteiger partial charge is 0.433 e. The highest BCUT2D eigenvalue weighted by atomic mass is 32.1. The lowest BCUT2D eigenvalue weighted by molar-refractivity contribution is -0.146. The molecule has 2 heterocycles. The van der Waals surface area contributed by atoms with Gasteiger partial charge in [0.1, 0.15) is 10.7 Å². The Morgan fingerprint density at radius 2 is 1.78 bits per heavy atom. The lowest BCUT2D eigenvalue weighted by atomic mass is 10.1. The number of pyridine rings is 1. The second-order valence-electron chi connectivity index (χ2n) is 7.01. The molecular formula is C22H18F5N3OS. The molecule has 1 atom stereocenters. The van der Waals surface area contributed by atoms with Crippen molar-refractivity contribution >= 4 is 11.3 Å². The fourth-order valence-corrected chi connectivity index (χ4v) is 4.06. The summed E-state index contributed by atoms with van der Waals surface area (Å²) in [5.74, 6) is -3.19. The molecule has 4 nitrogen and oxygen atoms in total. The Hall–Kier alpha value is -2.90. The number of nitrogens with zero attached hydrogens (tertiary/aromatic N) is 3. The first-order valence-electron chi connectivity index (χ1n) is 9.54. The molecule has 3 aromatic rings. The summed E-state index contributed by atoms with van der Waals surface area (Å²) in [6.45, 7) is 2.78. The number of halogens is 5. The van der Waals surface area contributed by atoms with Crippen molar-refractivity contribution in [2.45, 2.75) is 45.1 Å². The highest BCUT2D eigenvalue weighted by molar-refractivity contribution is 7.15. The standard InChI is InChI=1S/C22H18F5N3OS/c1-3-21(23,24)19(31-12-15-6-4-14(10-28)5-7-15)18-13(2)30-20(32-18)16-8-9-17(29-11-16)22(25,26)27/h4-9,11,19H,3,12H2,1-2H3. The Morgan fingerprint density at radius 3 is 2.31 bits per heavy atom. The quantitative estimate of drug-likeness (QED) is 0.363. The lowest BCUT2D eigenvalue weighted by Crippen LogP contribution is -2.27. The van der Waals surface area contributed by atoms with Crippen LogP contribution in [0, 0.1) is 18.3 Å². The van der Waals surface area contributed by atoms with E-state index >= 15 is 0 Å². The Bertz CT molecular complexity index is 1100. The zero-order chi connectivity index (χ0) is 23.5. The van der Waals surface area contributed by atoms with E-state index in [-0.39, 0.29) is 16.5 Å². The monoisotopic (exact) mass is 467 g/mol. The van der Waals surface area contributed by atoms with Gasteiger partial charge < -0.3 is 4.74 Å². The van der Waals surface area contributed by atoms with E-state index in [2.05, 4.69) is 9.97 Å². The number of nitriles is 1. The van der Waals surface area contributed by atoms with Crippen LogP contribution in [0.15, 0.2) is 42.6 Å². The highest BCUT2D eigenvalue weighted by Crippen LogP contribution is 2.43. The summed E-state index contributed by atoms with van der Waals surface area (Å²) < 4.78 is 73.4. The van der Waals surface area contributed by atoms with Crippen LogP contribution in [0.25, 0.3) is 10.6 Å². The van der Waals surface area contributed by atoms with Crippen LogP contribution in [0.2, 0.25) is 0 Å². The number of thiazole rings is 1. The van der Waals surface area contributed by atoms with Gasteiger partial charge in [0.05, 0.1) is 28.8 Å². The van der Waals surface area contributed by atoms with Crippen molar-refractivity contribution in [3.63, 3.8) is 0 Å². The molecule has 3 rings (SSSR count). The number of benzene rings is 1. The number of hydrogen-bond acceptors (Lipinski definition) is 5. The van der Waals surface area contributed by atoms with Gasteiger partial charge >= 0.3 is 6.18 Å². The van der Waals surface area contributed by atoms with Crippen LogP contribution in [0.1, 0.15) is 46.8 Å². The zero-order valence-corrected chi connectivity index (χ0v) is 17.9. The smallest absolute Gasteiger partial charge is 0.362 e. The summed E-state index contributed by atoms with van der Waals surface area (Å²) in [5, 5.41) is 9.15. The van der Waals surface area contributed by atoms with Gasteiger partial charge in [-0.3, -0.25) is 4.98 Å². The number of aromatic nitrogens is 2. The molecule has 0 bridgehead atoms. The van der Waals surface area contributed by atoms with Crippen molar-refractivity contribution in [3.8, 4) is 16.6 Å². The third-order valence-corrected chi connectivity index (χ3v) is 5.98. The topological polar surface area (TPSA) is 58.8 Å². The fraction of sp³-hybridized carbons (Fsp3) is 0.318. The lowest BCUT2D eigenvalue weighted by Gasteiger charge is -2.25. The second kappa shape index (κ2) is 9.30. The molecule has 0 amide bonds. The number of alkyl halides is 5. The summed E-state index contributed by atoms with van der Waals surface area (Å²) >= 11 is 0.937. The average molecular weight is 467 g/mol. The molecule has 1 aromatic carbocycles. The van der Waals surface area contributed by atoms with Gasteiger partial charge in [0, 0.05) is 18.2 Å². The van der Waals surface area contributed by atoms with Gasteiger partial charge in [0.15, 0.2) is 6.10 Å².